The van der Waals surface area contributed by atoms with E-state index in [0.29, 0.717) is 0 Å². The molecular weight excluding hydrogens is 459 g/mol. The Morgan fingerprint density at radius 3 is 2.59 bits per heavy atom. The summed E-state index contributed by atoms with van der Waals surface area (Å²) in [5, 5.41) is 3.46. The average Bonchev–Trinajstić information content (AvgIpc) is 3.23. The third kappa shape index (κ3) is 7.64. The lowest BCUT2D eigenvalue weighted by Gasteiger charge is -2.37. The van der Waals surface area contributed by atoms with Crippen LogP contribution in [0.5, 0.6) is 0 Å². The zero-order valence-electron chi connectivity index (χ0n) is 16.7. The van der Waals surface area contributed by atoms with E-state index in [1.807, 2.05) is 0 Å². The molecule has 27 heavy (non-hydrogen) atoms. The molecule has 0 aromatic heterocycles. The van der Waals surface area contributed by atoms with Crippen LogP contribution >= 0.6 is 24.0 Å². The van der Waals surface area contributed by atoms with Gasteiger partial charge in [0.15, 0.2) is 5.96 Å². The molecular formula is C19H37IN4O3. The first kappa shape index (κ1) is 23.1. The molecule has 0 aromatic rings. The number of hydrogen-bond donors (Lipinski definition) is 1. The lowest BCUT2D eigenvalue weighted by Crippen LogP contribution is -2.53. The summed E-state index contributed by atoms with van der Waals surface area (Å²) >= 11 is 0. The number of hydrogen-bond acceptors (Lipinski definition) is 5. The Bertz CT molecular complexity index is 429. The molecule has 3 fully saturated rings. The van der Waals surface area contributed by atoms with Crippen molar-refractivity contribution in [1.29, 1.82) is 0 Å². The lowest BCUT2D eigenvalue weighted by atomic mass is 10.1. The zero-order valence-corrected chi connectivity index (χ0v) is 19.1. The van der Waals surface area contributed by atoms with Crippen molar-refractivity contribution in [2.24, 2.45) is 4.99 Å². The van der Waals surface area contributed by atoms with Crippen LogP contribution in [-0.4, -0.2) is 100 Å². The van der Waals surface area contributed by atoms with Crippen molar-refractivity contribution in [3.63, 3.8) is 0 Å². The van der Waals surface area contributed by atoms with Gasteiger partial charge in [0.05, 0.1) is 25.9 Å². The first-order valence-corrected chi connectivity index (χ1v) is 10.4. The molecule has 2 unspecified atom stereocenters. The third-order valence-electron chi connectivity index (χ3n) is 5.36. The van der Waals surface area contributed by atoms with Crippen LogP contribution in [0.4, 0.5) is 0 Å². The molecule has 3 heterocycles. The van der Waals surface area contributed by atoms with E-state index < -0.39 is 0 Å². The molecule has 2 atom stereocenters. The Morgan fingerprint density at radius 2 is 1.85 bits per heavy atom. The van der Waals surface area contributed by atoms with Crippen molar-refractivity contribution in [1.82, 2.24) is 15.1 Å². The number of nitrogens with zero attached hydrogens (tertiary/aromatic N) is 3. The minimum atomic E-state index is 0. The van der Waals surface area contributed by atoms with E-state index in [1.165, 1.54) is 6.42 Å². The highest BCUT2D eigenvalue weighted by Gasteiger charge is 2.32. The summed E-state index contributed by atoms with van der Waals surface area (Å²) in [5.41, 5.74) is 0. The summed E-state index contributed by atoms with van der Waals surface area (Å²) in [4.78, 5) is 9.71. The van der Waals surface area contributed by atoms with Crippen molar-refractivity contribution in [3.8, 4) is 0 Å². The summed E-state index contributed by atoms with van der Waals surface area (Å²) < 4.78 is 17.2. The summed E-state index contributed by atoms with van der Waals surface area (Å²) in [5.74, 6) is 1.03. The number of ether oxygens (including phenoxy) is 3. The van der Waals surface area contributed by atoms with E-state index in [1.54, 1.807) is 0 Å². The molecule has 158 valence electrons. The second kappa shape index (κ2) is 13.1. The number of guanidine groups is 1. The fraction of sp³-hybridized carbons (Fsp3) is 0.947. The number of rotatable bonds is 7. The van der Waals surface area contributed by atoms with Gasteiger partial charge in [0.1, 0.15) is 6.10 Å². The molecule has 3 aliphatic rings. The first-order valence-electron chi connectivity index (χ1n) is 10.4. The van der Waals surface area contributed by atoms with Gasteiger partial charge in [-0.1, -0.05) is 0 Å². The molecule has 7 nitrogen and oxygen atoms in total. The molecule has 0 radical (unpaired) electrons. The molecule has 3 rings (SSSR count). The Hall–Kier alpha value is -0.160. The van der Waals surface area contributed by atoms with Crippen molar-refractivity contribution in [3.05, 3.63) is 0 Å². The molecule has 8 heteroatoms. The highest BCUT2D eigenvalue weighted by atomic mass is 127. The summed E-state index contributed by atoms with van der Waals surface area (Å²) in [6.45, 7) is 12.4. The highest BCUT2D eigenvalue weighted by molar-refractivity contribution is 14.0. The number of nitrogens with one attached hydrogen (secondary N) is 1. The Labute approximate surface area is 181 Å². The van der Waals surface area contributed by atoms with E-state index in [9.17, 15) is 0 Å². The van der Waals surface area contributed by atoms with Gasteiger partial charge in [-0.2, -0.15) is 0 Å². The first-order chi connectivity index (χ1) is 12.9. The number of aliphatic imine (C=N–C) groups is 1. The van der Waals surface area contributed by atoms with Gasteiger partial charge in [-0.15, -0.1) is 24.0 Å². The van der Waals surface area contributed by atoms with Gasteiger partial charge in [0, 0.05) is 45.9 Å². The smallest absolute Gasteiger partial charge is 0.194 e. The molecule has 0 spiro atoms. The third-order valence-corrected chi connectivity index (χ3v) is 5.36. The molecule has 3 saturated heterocycles. The second-order valence-corrected chi connectivity index (χ2v) is 7.30. The summed E-state index contributed by atoms with van der Waals surface area (Å²) in [6, 6.07) is 0. The van der Waals surface area contributed by atoms with Crippen LogP contribution in [0.3, 0.4) is 0 Å². The molecule has 1 N–H and O–H groups in total. The fourth-order valence-electron chi connectivity index (χ4n) is 3.87. The lowest BCUT2D eigenvalue weighted by molar-refractivity contribution is -0.0817. The van der Waals surface area contributed by atoms with Crippen molar-refractivity contribution in [2.45, 2.75) is 44.8 Å². The van der Waals surface area contributed by atoms with E-state index in [4.69, 9.17) is 19.2 Å². The maximum absolute atomic E-state index is 5.97. The monoisotopic (exact) mass is 496 g/mol. The van der Waals surface area contributed by atoms with E-state index in [-0.39, 0.29) is 36.2 Å². The fourth-order valence-corrected chi connectivity index (χ4v) is 3.87. The van der Waals surface area contributed by atoms with Crippen LogP contribution in [0.15, 0.2) is 4.99 Å². The Morgan fingerprint density at radius 1 is 1.04 bits per heavy atom. The number of unbranched alkanes of at least 4 members (excludes halogenated alkanes) is 1. The summed E-state index contributed by atoms with van der Waals surface area (Å²) in [7, 11) is 0. The van der Waals surface area contributed by atoms with Crippen LogP contribution in [0.25, 0.3) is 0 Å². The van der Waals surface area contributed by atoms with Crippen LogP contribution in [0.1, 0.15) is 32.6 Å². The standard InChI is InChI=1S/C19H36N4O3.HI/c1-2-20-19(21-7-3-4-8-22-9-13-24-14-10-22)23-11-15-26-18(16-23)17-6-5-12-25-17;/h17-18H,2-16H2,1H3,(H,20,21);1H. The number of morpholine rings is 2. The van der Waals surface area contributed by atoms with Crippen molar-refractivity contribution >= 4 is 29.9 Å². The normalized spacial score (nSPS) is 27.4. The summed E-state index contributed by atoms with van der Waals surface area (Å²) in [6.07, 6.45) is 5.04. The van der Waals surface area contributed by atoms with Gasteiger partial charge in [-0.25, -0.2) is 0 Å². The van der Waals surface area contributed by atoms with E-state index in [0.717, 1.165) is 97.5 Å². The van der Waals surface area contributed by atoms with Crippen LogP contribution < -0.4 is 5.32 Å². The molecule has 3 aliphatic heterocycles. The van der Waals surface area contributed by atoms with Gasteiger partial charge in [0.25, 0.3) is 0 Å². The maximum Gasteiger partial charge on any atom is 0.194 e. The predicted molar refractivity (Wildman–Crippen MR) is 118 cm³/mol. The quantitative estimate of drug-likeness (QED) is 0.250. The largest absolute Gasteiger partial charge is 0.379 e. The predicted octanol–water partition coefficient (Wildman–Crippen LogP) is 1.56. The van der Waals surface area contributed by atoms with Crippen molar-refractivity contribution < 1.29 is 14.2 Å². The van der Waals surface area contributed by atoms with Crippen LogP contribution in [0, 0.1) is 0 Å². The Kier molecular flexibility index (Phi) is 11.2. The van der Waals surface area contributed by atoms with Gasteiger partial charge >= 0.3 is 0 Å². The number of halogens is 1. The zero-order chi connectivity index (χ0) is 18.0. The van der Waals surface area contributed by atoms with Gasteiger partial charge < -0.3 is 24.4 Å². The molecule has 0 aliphatic carbocycles. The minimum absolute atomic E-state index is 0. The van der Waals surface area contributed by atoms with Crippen LogP contribution in [-0.2, 0) is 14.2 Å². The SMILES string of the molecule is CCNC(=NCCCCN1CCOCC1)N1CCOC(C2CCCO2)C1.I. The average molecular weight is 496 g/mol. The van der Waals surface area contributed by atoms with Crippen molar-refractivity contribution in [2.75, 3.05) is 72.2 Å². The van der Waals surface area contributed by atoms with Gasteiger partial charge in [-0.05, 0) is 39.2 Å². The maximum atomic E-state index is 5.97. The molecule has 0 bridgehead atoms. The van der Waals surface area contributed by atoms with Crippen LogP contribution in [0.2, 0.25) is 0 Å². The van der Waals surface area contributed by atoms with E-state index >= 15 is 0 Å². The topological polar surface area (TPSA) is 58.6 Å². The molecule has 0 aromatic carbocycles. The second-order valence-electron chi connectivity index (χ2n) is 7.30. The van der Waals surface area contributed by atoms with Gasteiger partial charge in [0.2, 0.25) is 0 Å². The minimum Gasteiger partial charge on any atom is -0.379 e. The highest BCUT2D eigenvalue weighted by Crippen LogP contribution is 2.21. The Balaban J connectivity index is 0.00000261. The van der Waals surface area contributed by atoms with E-state index in [2.05, 4.69) is 22.0 Å². The molecule has 0 amide bonds. The molecule has 0 saturated carbocycles. The van der Waals surface area contributed by atoms with Gasteiger partial charge in [-0.3, -0.25) is 9.89 Å².